The molecule has 5 heteroatoms. The fourth-order valence-electron chi connectivity index (χ4n) is 4.54. The number of hydrogen-bond donors (Lipinski definition) is 1. The number of para-hydroxylation sites is 2. The van der Waals surface area contributed by atoms with Gasteiger partial charge in [0, 0.05) is 26.4 Å². The first-order valence-electron chi connectivity index (χ1n) is 12.5. The topological polar surface area (TPSA) is 58.6 Å². The first kappa shape index (κ1) is 27.4. The van der Waals surface area contributed by atoms with Crippen molar-refractivity contribution in [2.45, 2.75) is 85.8 Å². The van der Waals surface area contributed by atoms with Crippen molar-refractivity contribution in [1.82, 2.24) is 5.32 Å². The number of nitrogens with one attached hydrogen (secondary N) is 1. The van der Waals surface area contributed by atoms with Gasteiger partial charge in [-0.2, -0.15) is 0 Å². The summed E-state index contributed by atoms with van der Waals surface area (Å²) in [4.78, 5) is 22.7. The smallest absolute Gasteiger partial charge is 0.217 e. The van der Waals surface area contributed by atoms with E-state index in [1.807, 2.05) is 0 Å². The van der Waals surface area contributed by atoms with E-state index >= 15 is 0 Å². The molecule has 0 fully saturated rings. The lowest BCUT2D eigenvalue weighted by Gasteiger charge is -2.33. The van der Waals surface area contributed by atoms with E-state index in [-0.39, 0.29) is 23.8 Å². The molecule has 1 aliphatic rings. The van der Waals surface area contributed by atoms with Gasteiger partial charge in [-0.05, 0) is 62.4 Å². The molecule has 0 unspecified atom stereocenters. The van der Waals surface area contributed by atoms with Gasteiger partial charge in [-0.3, -0.25) is 9.59 Å². The number of aryl methyl sites for hydroxylation is 1. The Hall–Kier alpha value is -2.82. The predicted octanol–water partition coefficient (Wildman–Crippen LogP) is 6.14. The highest BCUT2D eigenvalue weighted by atomic mass is 16.5. The first-order chi connectivity index (χ1) is 16.2. The van der Waals surface area contributed by atoms with Gasteiger partial charge in [-0.25, -0.2) is 0 Å². The van der Waals surface area contributed by atoms with Crippen LogP contribution in [0.3, 0.4) is 0 Å². The van der Waals surface area contributed by atoms with Crippen LogP contribution in [0.15, 0.2) is 42.5 Å². The number of ketones is 1. The minimum atomic E-state index is -0.166. The normalized spacial score (nSPS) is 14.1. The summed E-state index contributed by atoms with van der Waals surface area (Å²) in [7, 11) is 0. The van der Waals surface area contributed by atoms with Gasteiger partial charge < -0.3 is 15.0 Å². The Kier molecular flexibility index (Phi) is 10.6. The number of hydrogen-bond acceptors (Lipinski definition) is 4. The SMILES string of the molecule is CC(=O)CNC(C)=O.CCCC1(CCC)CCN(Cc2cccc(C)c2C)c2ccccc2O1. The lowest BCUT2D eigenvalue weighted by Crippen LogP contribution is -2.37. The van der Waals surface area contributed by atoms with Gasteiger partial charge in [-0.1, -0.05) is 57.0 Å². The van der Waals surface area contributed by atoms with Crippen molar-refractivity contribution in [3.05, 3.63) is 59.2 Å². The zero-order chi connectivity index (χ0) is 25.1. The molecule has 2 aromatic carbocycles. The van der Waals surface area contributed by atoms with Crippen molar-refractivity contribution in [3.8, 4) is 5.75 Å². The molecule has 0 radical (unpaired) electrons. The molecule has 34 heavy (non-hydrogen) atoms. The number of ether oxygens (including phenoxy) is 1. The summed E-state index contributed by atoms with van der Waals surface area (Å²) in [5, 5.41) is 2.36. The van der Waals surface area contributed by atoms with Crippen LogP contribution in [0.2, 0.25) is 0 Å². The van der Waals surface area contributed by atoms with Crippen LogP contribution in [0.25, 0.3) is 0 Å². The Bertz CT molecular complexity index is 934. The van der Waals surface area contributed by atoms with Crippen LogP contribution in [0.5, 0.6) is 5.75 Å². The molecule has 1 aliphatic heterocycles. The minimum absolute atomic E-state index is 0.0179. The maximum Gasteiger partial charge on any atom is 0.217 e. The van der Waals surface area contributed by atoms with Gasteiger partial charge in [0.05, 0.1) is 12.2 Å². The molecule has 0 atom stereocenters. The van der Waals surface area contributed by atoms with Crippen LogP contribution in [-0.4, -0.2) is 30.4 Å². The summed E-state index contributed by atoms with van der Waals surface area (Å²) in [6.07, 6.45) is 5.69. The summed E-state index contributed by atoms with van der Waals surface area (Å²) >= 11 is 0. The zero-order valence-electron chi connectivity index (χ0n) is 21.9. The monoisotopic (exact) mass is 466 g/mol. The highest BCUT2D eigenvalue weighted by Gasteiger charge is 2.35. The number of carbonyl (C=O) groups excluding carboxylic acids is 2. The number of nitrogens with zero attached hydrogens (tertiary/aromatic N) is 1. The van der Waals surface area contributed by atoms with Crippen molar-refractivity contribution in [3.63, 3.8) is 0 Å². The van der Waals surface area contributed by atoms with Crippen molar-refractivity contribution in [1.29, 1.82) is 0 Å². The lowest BCUT2D eigenvalue weighted by molar-refractivity contribution is -0.123. The average molecular weight is 467 g/mol. The summed E-state index contributed by atoms with van der Waals surface area (Å²) < 4.78 is 6.71. The van der Waals surface area contributed by atoms with Crippen molar-refractivity contribution in [2.24, 2.45) is 0 Å². The van der Waals surface area contributed by atoms with Gasteiger partial charge >= 0.3 is 0 Å². The summed E-state index contributed by atoms with van der Waals surface area (Å²) in [5.74, 6) is 0.859. The van der Waals surface area contributed by atoms with E-state index in [2.05, 4.69) is 80.4 Å². The Morgan fingerprint density at radius 3 is 2.26 bits per heavy atom. The van der Waals surface area contributed by atoms with Crippen LogP contribution in [-0.2, 0) is 16.1 Å². The van der Waals surface area contributed by atoms with Gasteiger partial charge in [0.1, 0.15) is 17.1 Å². The molecular formula is C29H42N2O3. The zero-order valence-corrected chi connectivity index (χ0v) is 21.9. The molecule has 186 valence electrons. The van der Waals surface area contributed by atoms with Crippen LogP contribution in [0, 0.1) is 13.8 Å². The molecule has 2 aromatic rings. The van der Waals surface area contributed by atoms with E-state index in [0.717, 1.165) is 38.1 Å². The Balaban J connectivity index is 0.000000440. The summed E-state index contributed by atoms with van der Waals surface area (Å²) in [5.41, 5.74) is 5.41. The Labute approximate surface area is 205 Å². The molecule has 0 saturated carbocycles. The second-order valence-corrected chi connectivity index (χ2v) is 9.40. The molecule has 0 spiro atoms. The fraction of sp³-hybridized carbons (Fsp3) is 0.517. The molecule has 0 aromatic heterocycles. The largest absolute Gasteiger partial charge is 0.485 e. The molecule has 1 amide bonds. The highest BCUT2D eigenvalue weighted by molar-refractivity contribution is 5.83. The number of benzene rings is 2. The van der Waals surface area contributed by atoms with E-state index in [9.17, 15) is 9.59 Å². The molecule has 0 bridgehead atoms. The molecule has 5 nitrogen and oxygen atoms in total. The van der Waals surface area contributed by atoms with Crippen molar-refractivity contribution < 1.29 is 14.3 Å². The van der Waals surface area contributed by atoms with Gasteiger partial charge in [-0.15, -0.1) is 0 Å². The van der Waals surface area contributed by atoms with Crippen molar-refractivity contribution in [2.75, 3.05) is 18.0 Å². The van der Waals surface area contributed by atoms with E-state index in [1.165, 1.54) is 49.1 Å². The van der Waals surface area contributed by atoms with Gasteiger partial charge in [0.15, 0.2) is 0 Å². The maximum atomic E-state index is 10.1. The molecule has 1 heterocycles. The van der Waals surface area contributed by atoms with Crippen LogP contribution < -0.4 is 15.0 Å². The lowest BCUT2D eigenvalue weighted by atomic mass is 9.89. The van der Waals surface area contributed by atoms with E-state index in [0.29, 0.717) is 0 Å². The van der Waals surface area contributed by atoms with Crippen molar-refractivity contribution >= 4 is 17.4 Å². The number of carbonyl (C=O) groups is 2. The molecule has 0 saturated heterocycles. The molecule has 0 aliphatic carbocycles. The third-order valence-corrected chi connectivity index (χ3v) is 6.45. The molecule has 3 rings (SSSR count). The fourth-order valence-corrected chi connectivity index (χ4v) is 4.54. The predicted molar refractivity (Wildman–Crippen MR) is 141 cm³/mol. The van der Waals surface area contributed by atoms with Gasteiger partial charge in [0.2, 0.25) is 5.91 Å². The third kappa shape index (κ3) is 7.89. The second kappa shape index (κ2) is 13.2. The van der Waals surface area contributed by atoms with E-state index in [1.54, 1.807) is 0 Å². The number of Topliss-reactive ketones (excluding diaryl/α,β-unsaturated/α-hetero) is 1. The average Bonchev–Trinajstić information content (AvgIpc) is 2.93. The van der Waals surface area contributed by atoms with E-state index in [4.69, 9.17) is 4.74 Å². The number of anilines is 1. The van der Waals surface area contributed by atoms with Crippen LogP contribution >= 0.6 is 0 Å². The van der Waals surface area contributed by atoms with Crippen LogP contribution in [0.1, 0.15) is 76.5 Å². The summed E-state index contributed by atoms with van der Waals surface area (Å²) in [6.45, 7) is 13.9. The highest BCUT2D eigenvalue weighted by Crippen LogP contribution is 2.40. The quantitative estimate of drug-likeness (QED) is 0.507. The Morgan fingerprint density at radius 1 is 1.00 bits per heavy atom. The molecule has 1 N–H and O–H groups in total. The number of fused-ring (bicyclic) bond motifs is 1. The Morgan fingerprint density at radius 2 is 1.68 bits per heavy atom. The maximum absolute atomic E-state index is 10.1. The summed E-state index contributed by atoms with van der Waals surface area (Å²) in [6, 6.07) is 15.2. The van der Waals surface area contributed by atoms with Gasteiger partial charge in [0.25, 0.3) is 0 Å². The number of amides is 1. The number of rotatable bonds is 8. The second-order valence-electron chi connectivity index (χ2n) is 9.40. The molecular weight excluding hydrogens is 424 g/mol. The third-order valence-electron chi connectivity index (χ3n) is 6.45. The minimum Gasteiger partial charge on any atom is -0.485 e. The van der Waals surface area contributed by atoms with Crippen LogP contribution in [0.4, 0.5) is 5.69 Å². The standard InChI is InChI=1S/C24H33NO.C5H9NO2/c1-5-14-24(15-6-2)16-17-25(22-12-7-8-13-23(22)26-24)18-21-11-9-10-19(3)20(21)4;1-4(7)3-6-5(2)8/h7-13H,5-6,14-18H2,1-4H3;3H2,1-2H3,(H,6,8). The van der Waals surface area contributed by atoms with E-state index < -0.39 is 0 Å². The first-order valence-corrected chi connectivity index (χ1v) is 12.5.